The number of nitrogens with zero attached hydrogens (tertiary/aromatic N) is 2. The van der Waals surface area contributed by atoms with Crippen LogP contribution in [0, 0.1) is 5.82 Å². The molecule has 13 heteroatoms. The van der Waals surface area contributed by atoms with Gasteiger partial charge in [0, 0.05) is 23.5 Å². The largest absolute Gasteiger partial charge is 0.487 e. The van der Waals surface area contributed by atoms with Crippen LogP contribution >= 0.6 is 0 Å². The van der Waals surface area contributed by atoms with Crippen molar-refractivity contribution in [1.82, 2.24) is 15.2 Å². The molecule has 0 radical (unpaired) electrons. The number of nitrogens with one attached hydrogen (secondary N) is 3. The number of benzene rings is 2. The summed E-state index contributed by atoms with van der Waals surface area (Å²) in [7, 11) is -2.14. The Kier molecular flexibility index (Phi) is 7.76. The molecule has 2 aromatic heterocycles. The number of hydrogen-bond donors (Lipinski definition) is 4. The van der Waals surface area contributed by atoms with Crippen LogP contribution in [0.2, 0.25) is 0 Å². The van der Waals surface area contributed by atoms with Gasteiger partial charge in [-0.25, -0.2) is 17.8 Å². The number of pyridine rings is 1. The molecular formula is C25H25FN6O5S. The number of H-pyrrole nitrogens is 1. The summed E-state index contributed by atoms with van der Waals surface area (Å²) >= 11 is 0. The van der Waals surface area contributed by atoms with Crippen LogP contribution in [-0.4, -0.2) is 42.4 Å². The molecule has 198 valence electrons. The van der Waals surface area contributed by atoms with Crippen molar-refractivity contribution in [2.24, 2.45) is 5.73 Å². The van der Waals surface area contributed by atoms with Crippen LogP contribution in [0.4, 0.5) is 21.6 Å². The zero-order valence-electron chi connectivity index (χ0n) is 20.5. The molecule has 0 spiro atoms. The molecule has 38 heavy (non-hydrogen) atoms. The van der Waals surface area contributed by atoms with Crippen molar-refractivity contribution in [2.75, 3.05) is 22.9 Å². The molecule has 11 nitrogen and oxygen atoms in total. The van der Waals surface area contributed by atoms with Crippen molar-refractivity contribution in [3.8, 4) is 22.9 Å². The number of rotatable bonds is 11. The monoisotopic (exact) mass is 540 g/mol. The van der Waals surface area contributed by atoms with Gasteiger partial charge < -0.3 is 20.5 Å². The third-order valence-electron chi connectivity index (χ3n) is 5.44. The zero-order valence-corrected chi connectivity index (χ0v) is 21.3. The van der Waals surface area contributed by atoms with E-state index in [1.807, 2.05) is 0 Å². The minimum absolute atomic E-state index is 0.0346. The molecule has 2 heterocycles. The number of ether oxygens (including phenoxy) is 2. The SMILES string of the molecule is CCS(=O)(=O)Nc1ccc(-c2[nH]nc(Nc3ccnc(OC)c3)c2C(N)=O)cc1OCc1ccc(F)cc1. The summed E-state index contributed by atoms with van der Waals surface area (Å²) < 4.78 is 51.3. The quantitative estimate of drug-likeness (QED) is 0.223. The van der Waals surface area contributed by atoms with Crippen LogP contribution in [0.25, 0.3) is 11.3 Å². The highest BCUT2D eigenvalue weighted by Gasteiger charge is 2.22. The number of sulfonamides is 1. The second-order valence-corrected chi connectivity index (χ2v) is 10.0. The van der Waals surface area contributed by atoms with Gasteiger partial charge in [-0.2, -0.15) is 5.10 Å². The summed E-state index contributed by atoms with van der Waals surface area (Å²) in [5, 5.41) is 10.0. The van der Waals surface area contributed by atoms with Gasteiger partial charge in [-0.15, -0.1) is 0 Å². The smallest absolute Gasteiger partial charge is 0.254 e. The Bertz CT molecular complexity index is 1560. The summed E-state index contributed by atoms with van der Waals surface area (Å²) in [5.74, 6) is -0.568. The Labute approximate surface area is 218 Å². The number of aromatic amines is 1. The lowest BCUT2D eigenvalue weighted by molar-refractivity contribution is 0.100. The first-order chi connectivity index (χ1) is 18.2. The number of aromatic nitrogens is 3. The fourth-order valence-electron chi connectivity index (χ4n) is 3.48. The molecule has 0 saturated carbocycles. The lowest BCUT2D eigenvalue weighted by Gasteiger charge is -2.15. The van der Waals surface area contributed by atoms with Crippen LogP contribution in [0.15, 0.2) is 60.8 Å². The first kappa shape index (κ1) is 26.4. The molecule has 4 aromatic rings. The summed E-state index contributed by atoms with van der Waals surface area (Å²) in [6.45, 7) is 1.54. The first-order valence-corrected chi connectivity index (χ1v) is 13.0. The maximum atomic E-state index is 13.3. The fraction of sp³-hybridized carbons (Fsp3) is 0.160. The van der Waals surface area contributed by atoms with E-state index in [0.717, 1.165) is 0 Å². The van der Waals surface area contributed by atoms with Crippen molar-refractivity contribution in [3.63, 3.8) is 0 Å². The van der Waals surface area contributed by atoms with Gasteiger partial charge in [0.05, 0.1) is 24.2 Å². The summed E-state index contributed by atoms with van der Waals surface area (Å²) in [6, 6.07) is 13.6. The molecule has 2 aromatic carbocycles. The zero-order chi connectivity index (χ0) is 27.3. The van der Waals surface area contributed by atoms with Gasteiger partial charge in [0.1, 0.15) is 23.7 Å². The molecule has 0 unspecified atom stereocenters. The first-order valence-electron chi connectivity index (χ1n) is 11.4. The number of anilines is 3. The Morgan fingerprint density at radius 2 is 1.89 bits per heavy atom. The molecule has 0 aliphatic carbocycles. The van der Waals surface area contributed by atoms with E-state index in [2.05, 4.69) is 25.2 Å². The van der Waals surface area contributed by atoms with Crippen molar-refractivity contribution in [1.29, 1.82) is 0 Å². The number of carbonyl (C=O) groups excluding carboxylic acids is 1. The fourth-order valence-corrected chi connectivity index (χ4v) is 4.13. The van der Waals surface area contributed by atoms with Crippen molar-refractivity contribution in [3.05, 3.63) is 77.7 Å². The van der Waals surface area contributed by atoms with E-state index in [0.29, 0.717) is 22.7 Å². The van der Waals surface area contributed by atoms with E-state index < -0.39 is 15.9 Å². The summed E-state index contributed by atoms with van der Waals surface area (Å²) in [5.41, 5.74) is 7.94. The van der Waals surface area contributed by atoms with Gasteiger partial charge >= 0.3 is 0 Å². The number of hydrogen-bond acceptors (Lipinski definition) is 8. The Morgan fingerprint density at radius 1 is 1.13 bits per heavy atom. The molecule has 0 bridgehead atoms. The van der Waals surface area contributed by atoms with Crippen molar-refractivity contribution >= 4 is 33.1 Å². The van der Waals surface area contributed by atoms with E-state index in [4.69, 9.17) is 15.2 Å². The van der Waals surface area contributed by atoms with E-state index in [-0.39, 0.29) is 46.7 Å². The average molecular weight is 541 g/mol. The van der Waals surface area contributed by atoms with Crippen LogP contribution in [0.5, 0.6) is 11.6 Å². The molecule has 0 aliphatic rings. The van der Waals surface area contributed by atoms with Crippen molar-refractivity contribution in [2.45, 2.75) is 13.5 Å². The van der Waals surface area contributed by atoms with Gasteiger partial charge in [0.15, 0.2) is 5.82 Å². The van der Waals surface area contributed by atoms with Gasteiger partial charge in [0.2, 0.25) is 15.9 Å². The highest BCUT2D eigenvalue weighted by atomic mass is 32.2. The highest BCUT2D eigenvalue weighted by Crippen LogP contribution is 2.35. The lowest BCUT2D eigenvalue weighted by Crippen LogP contribution is -2.15. The van der Waals surface area contributed by atoms with Crippen LogP contribution in [-0.2, 0) is 16.6 Å². The number of nitrogens with two attached hydrogens (primary N) is 1. The number of amides is 1. The Balaban J connectivity index is 1.71. The molecule has 4 rings (SSSR count). The van der Waals surface area contributed by atoms with E-state index >= 15 is 0 Å². The maximum absolute atomic E-state index is 13.3. The topological polar surface area (TPSA) is 161 Å². The molecule has 1 amide bonds. The standard InChI is InChI=1S/C25H25FN6O5S/c1-3-38(34,35)32-19-9-6-16(12-20(19)37-14-15-4-7-17(26)8-5-15)23-22(24(27)33)25(31-30-23)29-18-10-11-28-21(13-18)36-2/h4-13,32H,3,14H2,1-2H3,(H2,27,33)(H2,28,29,30,31). The van der Waals surface area contributed by atoms with Crippen LogP contribution < -0.4 is 25.2 Å². The minimum Gasteiger partial charge on any atom is -0.487 e. The molecule has 0 fully saturated rings. The van der Waals surface area contributed by atoms with E-state index in [1.165, 1.54) is 38.4 Å². The predicted molar refractivity (Wildman–Crippen MR) is 140 cm³/mol. The third-order valence-corrected chi connectivity index (χ3v) is 6.73. The lowest BCUT2D eigenvalue weighted by atomic mass is 10.1. The number of primary amides is 1. The van der Waals surface area contributed by atoms with Crippen LogP contribution in [0.3, 0.4) is 0 Å². The van der Waals surface area contributed by atoms with E-state index in [1.54, 1.807) is 36.4 Å². The van der Waals surface area contributed by atoms with Crippen molar-refractivity contribution < 1.29 is 27.1 Å². The molecule has 5 N–H and O–H groups in total. The maximum Gasteiger partial charge on any atom is 0.254 e. The van der Waals surface area contributed by atoms with Gasteiger partial charge in [-0.1, -0.05) is 18.2 Å². The summed E-state index contributed by atoms with van der Waals surface area (Å²) in [6.07, 6.45) is 1.53. The minimum atomic E-state index is -3.62. The van der Waals surface area contributed by atoms with Crippen LogP contribution in [0.1, 0.15) is 22.8 Å². The van der Waals surface area contributed by atoms with Gasteiger partial charge in [-0.05, 0) is 42.8 Å². The molecule has 0 atom stereocenters. The Morgan fingerprint density at radius 3 is 2.58 bits per heavy atom. The number of halogens is 1. The highest BCUT2D eigenvalue weighted by molar-refractivity contribution is 7.92. The molecule has 0 aliphatic heterocycles. The Hall–Kier alpha value is -4.65. The normalized spacial score (nSPS) is 11.1. The number of methoxy groups -OCH3 is 1. The molecule has 0 saturated heterocycles. The average Bonchev–Trinajstić information content (AvgIpc) is 3.32. The third kappa shape index (κ3) is 6.18. The second kappa shape index (κ2) is 11.2. The van der Waals surface area contributed by atoms with E-state index in [9.17, 15) is 17.6 Å². The predicted octanol–water partition coefficient (Wildman–Crippen LogP) is 3.80. The van der Waals surface area contributed by atoms with Gasteiger partial charge in [0.25, 0.3) is 5.91 Å². The van der Waals surface area contributed by atoms with Gasteiger partial charge in [-0.3, -0.25) is 14.6 Å². The molecular weight excluding hydrogens is 515 g/mol. The second-order valence-electron chi connectivity index (χ2n) is 8.03. The summed E-state index contributed by atoms with van der Waals surface area (Å²) in [4.78, 5) is 16.5. The number of carbonyl (C=O) groups is 1.